The van der Waals surface area contributed by atoms with Gasteiger partial charge in [-0.3, -0.25) is 4.79 Å². The van der Waals surface area contributed by atoms with Gasteiger partial charge in [0, 0.05) is 17.7 Å². The lowest BCUT2D eigenvalue weighted by atomic mass is 10.1. The lowest BCUT2D eigenvalue weighted by Gasteiger charge is -2.06. The van der Waals surface area contributed by atoms with Crippen LogP contribution >= 0.6 is 0 Å². The highest BCUT2D eigenvalue weighted by atomic mass is 19.1. The SMILES string of the molecule is O=C(Nc1ccc(F)cc1)c1ccccc1C#CCCO. The summed E-state index contributed by atoms with van der Waals surface area (Å²) in [6.07, 6.45) is 0.355. The number of rotatable bonds is 3. The second-order valence-electron chi connectivity index (χ2n) is 4.28. The molecule has 1 amide bonds. The number of amides is 1. The number of benzene rings is 2. The Labute approximate surface area is 122 Å². The van der Waals surface area contributed by atoms with Crippen molar-refractivity contribution in [3.63, 3.8) is 0 Å². The fraction of sp³-hybridized carbons (Fsp3) is 0.118. The normalized spacial score (nSPS) is 9.62. The van der Waals surface area contributed by atoms with Crippen LogP contribution in [0.15, 0.2) is 48.5 Å². The Morgan fingerprint density at radius 1 is 1.14 bits per heavy atom. The van der Waals surface area contributed by atoms with Crippen LogP contribution in [0.2, 0.25) is 0 Å². The van der Waals surface area contributed by atoms with Crippen molar-refractivity contribution >= 4 is 11.6 Å². The van der Waals surface area contributed by atoms with Crippen molar-refractivity contribution in [3.8, 4) is 11.8 Å². The van der Waals surface area contributed by atoms with Gasteiger partial charge in [-0.15, -0.1) is 0 Å². The van der Waals surface area contributed by atoms with E-state index in [0.29, 0.717) is 23.2 Å². The van der Waals surface area contributed by atoms with Gasteiger partial charge in [-0.25, -0.2) is 4.39 Å². The van der Waals surface area contributed by atoms with E-state index in [0.717, 1.165) is 0 Å². The van der Waals surface area contributed by atoms with Crippen molar-refractivity contribution in [1.82, 2.24) is 0 Å². The predicted molar refractivity (Wildman–Crippen MR) is 79.4 cm³/mol. The molecule has 2 rings (SSSR count). The van der Waals surface area contributed by atoms with E-state index in [1.165, 1.54) is 24.3 Å². The summed E-state index contributed by atoms with van der Waals surface area (Å²) < 4.78 is 12.8. The number of anilines is 1. The molecule has 4 heteroatoms. The van der Waals surface area contributed by atoms with Gasteiger partial charge in [0.05, 0.1) is 12.2 Å². The minimum absolute atomic E-state index is 0.0169. The van der Waals surface area contributed by atoms with Gasteiger partial charge >= 0.3 is 0 Å². The zero-order chi connectivity index (χ0) is 15.1. The predicted octanol–water partition coefficient (Wildman–Crippen LogP) is 2.81. The fourth-order valence-corrected chi connectivity index (χ4v) is 1.74. The third-order valence-corrected chi connectivity index (χ3v) is 2.73. The molecule has 106 valence electrons. The first kappa shape index (κ1) is 14.8. The molecule has 0 aliphatic heterocycles. The number of nitrogens with one attached hydrogen (secondary N) is 1. The van der Waals surface area contributed by atoms with E-state index in [1.807, 2.05) is 0 Å². The molecule has 0 unspecified atom stereocenters. The van der Waals surface area contributed by atoms with Gasteiger partial charge in [0.2, 0.25) is 0 Å². The standard InChI is InChI=1S/C17H14FNO2/c18-14-8-10-15(11-9-14)19-17(21)16-7-2-1-5-13(16)6-3-4-12-20/h1-2,5,7-11,20H,4,12H2,(H,19,21). The van der Waals surface area contributed by atoms with Crippen LogP contribution in [0.3, 0.4) is 0 Å². The summed E-state index contributed by atoms with van der Waals surface area (Å²) in [6.45, 7) is -0.0169. The van der Waals surface area contributed by atoms with Crippen molar-refractivity contribution in [3.05, 3.63) is 65.5 Å². The maximum absolute atomic E-state index is 12.8. The molecule has 2 aromatic carbocycles. The smallest absolute Gasteiger partial charge is 0.256 e. The highest BCUT2D eigenvalue weighted by Gasteiger charge is 2.09. The van der Waals surface area contributed by atoms with E-state index >= 15 is 0 Å². The monoisotopic (exact) mass is 283 g/mol. The number of carbonyl (C=O) groups excluding carboxylic acids is 1. The van der Waals surface area contributed by atoms with E-state index in [1.54, 1.807) is 24.3 Å². The van der Waals surface area contributed by atoms with Crippen LogP contribution in [0.5, 0.6) is 0 Å². The highest BCUT2D eigenvalue weighted by molar-refractivity contribution is 6.05. The van der Waals surface area contributed by atoms with Crippen molar-refractivity contribution in [1.29, 1.82) is 0 Å². The van der Waals surface area contributed by atoms with Gasteiger partial charge in [0.25, 0.3) is 5.91 Å². The maximum atomic E-state index is 12.8. The zero-order valence-electron chi connectivity index (χ0n) is 11.3. The second-order valence-corrected chi connectivity index (χ2v) is 4.28. The third kappa shape index (κ3) is 4.16. The Balaban J connectivity index is 2.19. The molecule has 0 spiro atoms. The topological polar surface area (TPSA) is 49.3 Å². The van der Waals surface area contributed by atoms with E-state index in [4.69, 9.17) is 5.11 Å². The van der Waals surface area contributed by atoms with Crippen molar-refractivity contribution in [2.24, 2.45) is 0 Å². The Hall–Kier alpha value is -2.64. The molecule has 21 heavy (non-hydrogen) atoms. The molecule has 2 N–H and O–H groups in total. The van der Waals surface area contributed by atoms with Crippen LogP contribution in [-0.2, 0) is 0 Å². The van der Waals surface area contributed by atoms with Gasteiger partial charge in [-0.05, 0) is 36.4 Å². The van der Waals surface area contributed by atoms with Gasteiger partial charge in [0.1, 0.15) is 5.82 Å². The van der Waals surface area contributed by atoms with Gasteiger partial charge in [-0.2, -0.15) is 0 Å². The summed E-state index contributed by atoms with van der Waals surface area (Å²) in [4.78, 5) is 12.2. The average Bonchev–Trinajstić information content (AvgIpc) is 2.50. The number of halogens is 1. The van der Waals surface area contributed by atoms with Crippen LogP contribution in [-0.4, -0.2) is 17.6 Å². The largest absolute Gasteiger partial charge is 0.395 e. The summed E-state index contributed by atoms with van der Waals surface area (Å²) >= 11 is 0. The number of carbonyl (C=O) groups is 1. The van der Waals surface area contributed by atoms with Crippen LogP contribution in [0.25, 0.3) is 0 Å². The molecule has 0 heterocycles. The first-order valence-corrected chi connectivity index (χ1v) is 6.46. The average molecular weight is 283 g/mol. The lowest BCUT2D eigenvalue weighted by molar-refractivity contribution is 0.102. The molecule has 3 nitrogen and oxygen atoms in total. The molecule has 0 saturated heterocycles. The van der Waals surface area contributed by atoms with Crippen LogP contribution in [0, 0.1) is 17.7 Å². The zero-order valence-corrected chi connectivity index (χ0v) is 11.3. The summed E-state index contributed by atoms with van der Waals surface area (Å²) in [7, 11) is 0. The summed E-state index contributed by atoms with van der Waals surface area (Å²) in [5.74, 6) is 4.98. The molecular weight excluding hydrogens is 269 g/mol. The first-order valence-electron chi connectivity index (χ1n) is 6.46. The molecule has 0 bridgehead atoms. The van der Waals surface area contributed by atoms with Crippen molar-refractivity contribution in [2.45, 2.75) is 6.42 Å². The van der Waals surface area contributed by atoms with E-state index in [-0.39, 0.29) is 18.3 Å². The molecular formula is C17H14FNO2. The van der Waals surface area contributed by atoms with Crippen molar-refractivity contribution in [2.75, 3.05) is 11.9 Å². The van der Waals surface area contributed by atoms with Gasteiger partial charge < -0.3 is 10.4 Å². The van der Waals surface area contributed by atoms with Crippen LogP contribution in [0.4, 0.5) is 10.1 Å². The van der Waals surface area contributed by atoms with Crippen molar-refractivity contribution < 1.29 is 14.3 Å². The molecule has 0 fully saturated rings. The van der Waals surface area contributed by atoms with E-state index in [9.17, 15) is 9.18 Å². The van der Waals surface area contributed by atoms with Crippen LogP contribution < -0.4 is 5.32 Å². The quantitative estimate of drug-likeness (QED) is 0.851. The molecule has 0 aromatic heterocycles. The summed E-state index contributed by atoms with van der Waals surface area (Å²) in [5.41, 5.74) is 1.54. The Bertz CT molecular complexity index is 684. The molecule has 0 atom stereocenters. The number of hydrogen-bond acceptors (Lipinski definition) is 2. The minimum Gasteiger partial charge on any atom is -0.395 e. The third-order valence-electron chi connectivity index (χ3n) is 2.73. The lowest BCUT2D eigenvalue weighted by Crippen LogP contribution is -2.13. The Morgan fingerprint density at radius 3 is 2.57 bits per heavy atom. The second kappa shape index (κ2) is 7.22. The van der Waals surface area contributed by atoms with Gasteiger partial charge in [0.15, 0.2) is 0 Å². The summed E-state index contributed by atoms with van der Waals surface area (Å²) in [5, 5.41) is 11.4. The molecule has 0 aliphatic carbocycles. The van der Waals surface area contributed by atoms with Gasteiger partial charge in [-0.1, -0.05) is 24.0 Å². The first-order chi connectivity index (χ1) is 10.2. The molecule has 0 aliphatic rings. The molecule has 0 saturated carbocycles. The van der Waals surface area contributed by atoms with E-state index < -0.39 is 0 Å². The van der Waals surface area contributed by atoms with E-state index in [2.05, 4.69) is 17.2 Å². The Kier molecular flexibility index (Phi) is 5.08. The molecule has 2 aromatic rings. The van der Waals surface area contributed by atoms with Crippen LogP contribution in [0.1, 0.15) is 22.3 Å². The summed E-state index contributed by atoms with van der Waals surface area (Å²) in [6, 6.07) is 12.5. The molecule has 0 radical (unpaired) electrons. The number of aliphatic hydroxyl groups excluding tert-OH is 1. The number of aliphatic hydroxyl groups is 1. The fourth-order valence-electron chi connectivity index (χ4n) is 1.74. The maximum Gasteiger partial charge on any atom is 0.256 e. The highest BCUT2D eigenvalue weighted by Crippen LogP contribution is 2.13. The Morgan fingerprint density at radius 2 is 1.86 bits per heavy atom. The number of hydrogen-bond donors (Lipinski definition) is 2. The minimum atomic E-state index is -0.358.